The van der Waals surface area contributed by atoms with Crippen molar-refractivity contribution in [3.63, 3.8) is 0 Å². The fourth-order valence-corrected chi connectivity index (χ4v) is 1.42. The van der Waals surface area contributed by atoms with Crippen LogP contribution in [0, 0.1) is 0 Å². The van der Waals surface area contributed by atoms with Gasteiger partial charge in [-0.1, -0.05) is 24.3 Å². The molecule has 1 aromatic carbocycles. The molecule has 0 fully saturated rings. The van der Waals surface area contributed by atoms with Gasteiger partial charge in [-0.3, -0.25) is 4.79 Å². The fourth-order valence-electron chi connectivity index (χ4n) is 1.42. The molecule has 4 heteroatoms. The summed E-state index contributed by atoms with van der Waals surface area (Å²) in [5.41, 5.74) is 1.76. The monoisotopic (exact) mass is 217 g/mol. The van der Waals surface area contributed by atoms with Crippen molar-refractivity contribution in [3.05, 3.63) is 52.3 Å². The minimum atomic E-state index is -0.510. The number of benzene rings is 1. The van der Waals surface area contributed by atoms with Crippen LogP contribution in [0.4, 0.5) is 0 Å². The molecule has 0 aliphatic heterocycles. The molecule has 4 nitrogen and oxygen atoms in total. The summed E-state index contributed by atoms with van der Waals surface area (Å²) >= 11 is 0. The SMILES string of the molecule is O=c1[nH]c(-c2ccc(CO)cc2)ccc1O. The molecule has 2 rings (SSSR count). The number of aliphatic hydroxyl groups is 1. The van der Waals surface area contributed by atoms with Gasteiger partial charge in [0.25, 0.3) is 5.56 Å². The van der Waals surface area contributed by atoms with E-state index in [1.54, 1.807) is 30.3 Å². The Kier molecular flexibility index (Phi) is 2.74. The Bertz CT molecular complexity index is 543. The third kappa shape index (κ3) is 1.97. The van der Waals surface area contributed by atoms with Crippen LogP contribution in [-0.2, 0) is 6.61 Å². The van der Waals surface area contributed by atoms with Crippen molar-refractivity contribution in [2.45, 2.75) is 6.61 Å². The molecule has 0 spiro atoms. The molecule has 16 heavy (non-hydrogen) atoms. The normalized spacial score (nSPS) is 10.3. The van der Waals surface area contributed by atoms with Crippen molar-refractivity contribution in [1.29, 1.82) is 0 Å². The lowest BCUT2D eigenvalue weighted by Gasteiger charge is -2.02. The Labute approximate surface area is 91.8 Å². The van der Waals surface area contributed by atoms with Crippen LogP contribution in [0.3, 0.4) is 0 Å². The smallest absolute Gasteiger partial charge is 0.290 e. The van der Waals surface area contributed by atoms with Gasteiger partial charge in [-0.15, -0.1) is 0 Å². The molecular formula is C12H11NO3. The molecule has 3 N–H and O–H groups in total. The van der Waals surface area contributed by atoms with Crippen molar-refractivity contribution in [1.82, 2.24) is 4.98 Å². The lowest BCUT2D eigenvalue weighted by Crippen LogP contribution is -2.05. The van der Waals surface area contributed by atoms with Crippen molar-refractivity contribution >= 4 is 0 Å². The summed E-state index contributed by atoms with van der Waals surface area (Å²) < 4.78 is 0. The summed E-state index contributed by atoms with van der Waals surface area (Å²) in [5, 5.41) is 18.0. The van der Waals surface area contributed by atoms with Crippen molar-refractivity contribution in [3.8, 4) is 17.0 Å². The molecule has 0 saturated heterocycles. The summed E-state index contributed by atoms with van der Waals surface area (Å²) in [6.45, 7) is -0.00756. The second-order valence-corrected chi connectivity index (χ2v) is 3.44. The Hall–Kier alpha value is -2.07. The highest BCUT2D eigenvalue weighted by Gasteiger charge is 2.01. The molecular weight excluding hydrogens is 206 g/mol. The number of nitrogens with one attached hydrogen (secondary N) is 1. The van der Waals surface area contributed by atoms with E-state index in [0.717, 1.165) is 11.1 Å². The average molecular weight is 217 g/mol. The highest BCUT2D eigenvalue weighted by molar-refractivity contribution is 5.59. The number of H-pyrrole nitrogens is 1. The van der Waals surface area contributed by atoms with Crippen LogP contribution in [0.25, 0.3) is 11.3 Å². The minimum Gasteiger partial charge on any atom is -0.503 e. The largest absolute Gasteiger partial charge is 0.503 e. The molecule has 1 aromatic heterocycles. The predicted molar refractivity (Wildman–Crippen MR) is 60.1 cm³/mol. The number of aromatic amines is 1. The first-order valence-electron chi connectivity index (χ1n) is 4.83. The summed E-state index contributed by atoms with van der Waals surface area (Å²) in [6, 6.07) is 10.1. The number of hydrogen-bond acceptors (Lipinski definition) is 3. The number of aromatic hydroxyl groups is 1. The van der Waals surface area contributed by atoms with Gasteiger partial charge in [0, 0.05) is 5.69 Å². The zero-order valence-electron chi connectivity index (χ0n) is 8.47. The summed E-state index contributed by atoms with van der Waals surface area (Å²) in [4.78, 5) is 13.8. The molecule has 0 aliphatic rings. The molecule has 2 aromatic rings. The van der Waals surface area contributed by atoms with Crippen LogP contribution in [0.2, 0.25) is 0 Å². The summed E-state index contributed by atoms with van der Waals surface area (Å²) in [5.74, 6) is -0.296. The van der Waals surface area contributed by atoms with E-state index < -0.39 is 5.56 Å². The second kappa shape index (κ2) is 4.20. The molecule has 0 amide bonds. The zero-order chi connectivity index (χ0) is 11.5. The topological polar surface area (TPSA) is 73.3 Å². The molecule has 82 valence electrons. The first-order valence-corrected chi connectivity index (χ1v) is 4.83. The van der Waals surface area contributed by atoms with Gasteiger partial charge in [-0.2, -0.15) is 0 Å². The number of pyridine rings is 1. The maximum absolute atomic E-state index is 11.2. The van der Waals surface area contributed by atoms with E-state index in [2.05, 4.69) is 4.98 Å². The number of rotatable bonds is 2. The average Bonchev–Trinajstić information content (AvgIpc) is 2.33. The van der Waals surface area contributed by atoms with E-state index in [1.807, 2.05) is 0 Å². The Morgan fingerprint density at radius 3 is 2.31 bits per heavy atom. The molecule has 0 unspecified atom stereocenters. The highest BCUT2D eigenvalue weighted by Crippen LogP contribution is 2.17. The van der Waals surface area contributed by atoms with Crippen LogP contribution in [-0.4, -0.2) is 15.2 Å². The van der Waals surface area contributed by atoms with Crippen LogP contribution in [0.15, 0.2) is 41.2 Å². The third-order valence-corrected chi connectivity index (χ3v) is 2.34. The standard InChI is InChI=1S/C12H11NO3/c14-7-8-1-3-9(4-2-8)10-5-6-11(15)12(16)13-10/h1-6,14-15H,7H2,(H,13,16). The Morgan fingerprint density at radius 2 is 1.75 bits per heavy atom. The van der Waals surface area contributed by atoms with Gasteiger partial charge >= 0.3 is 0 Å². The minimum absolute atomic E-state index is 0.00756. The van der Waals surface area contributed by atoms with Crippen LogP contribution < -0.4 is 5.56 Å². The lowest BCUT2D eigenvalue weighted by molar-refractivity contribution is 0.282. The van der Waals surface area contributed by atoms with Gasteiger partial charge in [0.05, 0.1) is 6.61 Å². The quantitative estimate of drug-likeness (QED) is 0.708. The molecule has 0 radical (unpaired) electrons. The number of aromatic nitrogens is 1. The first kappa shape index (κ1) is 10.4. The number of hydrogen-bond donors (Lipinski definition) is 3. The van der Waals surface area contributed by atoms with Crippen molar-refractivity contribution in [2.75, 3.05) is 0 Å². The van der Waals surface area contributed by atoms with Gasteiger partial charge in [0.15, 0.2) is 5.75 Å². The molecule has 0 bridgehead atoms. The van der Waals surface area contributed by atoms with E-state index in [4.69, 9.17) is 10.2 Å². The van der Waals surface area contributed by atoms with Gasteiger partial charge < -0.3 is 15.2 Å². The summed E-state index contributed by atoms with van der Waals surface area (Å²) in [7, 11) is 0. The number of aliphatic hydroxyl groups excluding tert-OH is 1. The van der Waals surface area contributed by atoms with E-state index in [9.17, 15) is 4.79 Å². The van der Waals surface area contributed by atoms with Crippen LogP contribution >= 0.6 is 0 Å². The molecule has 1 heterocycles. The molecule has 0 atom stereocenters. The van der Waals surface area contributed by atoms with Gasteiger partial charge in [0.1, 0.15) is 0 Å². The fraction of sp³-hybridized carbons (Fsp3) is 0.0833. The van der Waals surface area contributed by atoms with E-state index in [-0.39, 0.29) is 12.4 Å². The predicted octanol–water partition coefficient (Wildman–Crippen LogP) is 1.24. The van der Waals surface area contributed by atoms with Gasteiger partial charge in [-0.05, 0) is 23.3 Å². The lowest BCUT2D eigenvalue weighted by atomic mass is 10.1. The van der Waals surface area contributed by atoms with Crippen LogP contribution in [0.1, 0.15) is 5.56 Å². The van der Waals surface area contributed by atoms with Crippen molar-refractivity contribution < 1.29 is 10.2 Å². The second-order valence-electron chi connectivity index (χ2n) is 3.44. The maximum atomic E-state index is 11.2. The van der Waals surface area contributed by atoms with E-state index in [1.165, 1.54) is 6.07 Å². The van der Waals surface area contributed by atoms with Crippen molar-refractivity contribution in [2.24, 2.45) is 0 Å². The molecule has 0 aliphatic carbocycles. The Balaban J connectivity index is 2.42. The van der Waals surface area contributed by atoms with Crippen LogP contribution in [0.5, 0.6) is 5.75 Å². The Morgan fingerprint density at radius 1 is 1.06 bits per heavy atom. The van der Waals surface area contributed by atoms with Gasteiger partial charge in [0.2, 0.25) is 0 Å². The van der Waals surface area contributed by atoms with E-state index >= 15 is 0 Å². The summed E-state index contributed by atoms with van der Waals surface area (Å²) in [6.07, 6.45) is 0. The molecule has 0 saturated carbocycles. The zero-order valence-corrected chi connectivity index (χ0v) is 8.47. The third-order valence-electron chi connectivity index (χ3n) is 2.34. The van der Waals surface area contributed by atoms with Gasteiger partial charge in [-0.25, -0.2) is 0 Å². The highest BCUT2D eigenvalue weighted by atomic mass is 16.3. The van der Waals surface area contributed by atoms with E-state index in [0.29, 0.717) is 5.69 Å². The maximum Gasteiger partial charge on any atom is 0.290 e. The first-order chi connectivity index (χ1) is 7.70.